The Hall–Kier alpha value is -4.08. The minimum absolute atomic E-state index is 0.120. The molecule has 0 atom stereocenters. The molecule has 10 heteroatoms. The summed E-state index contributed by atoms with van der Waals surface area (Å²) in [6.45, 7) is 3.33. The Labute approximate surface area is 175 Å². The Kier molecular flexibility index (Phi) is 6.10. The Morgan fingerprint density at radius 2 is 1.61 bits per heavy atom. The van der Waals surface area contributed by atoms with Crippen molar-refractivity contribution in [2.24, 2.45) is 0 Å². The number of amides is 2. The summed E-state index contributed by atoms with van der Waals surface area (Å²) in [7, 11) is 1.44. The van der Waals surface area contributed by atoms with Crippen molar-refractivity contribution in [3.8, 4) is 11.4 Å². The summed E-state index contributed by atoms with van der Waals surface area (Å²) in [5, 5.41) is 8.69. The third-order valence-electron chi connectivity index (χ3n) is 4.20. The number of alkyl halides is 3. The summed E-state index contributed by atoms with van der Waals surface area (Å²) >= 11 is 0. The SMILES string of the molecule is C=CC(=O)Nc1ccc(NC(=O)c2cnn(-c3ccc(OC)cc3)c2C(F)(F)F)cc1. The van der Waals surface area contributed by atoms with Crippen LogP contribution in [-0.2, 0) is 11.0 Å². The molecule has 0 radical (unpaired) electrons. The van der Waals surface area contributed by atoms with E-state index in [1.165, 1.54) is 55.6 Å². The van der Waals surface area contributed by atoms with Crippen molar-refractivity contribution in [1.82, 2.24) is 9.78 Å². The fourth-order valence-corrected chi connectivity index (χ4v) is 2.74. The van der Waals surface area contributed by atoms with Gasteiger partial charge in [0.05, 0.1) is 24.6 Å². The predicted molar refractivity (Wildman–Crippen MR) is 108 cm³/mol. The third kappa shape index (κ3) is 4.92. The molecule has 0 unspecified atom stereocenters. The van der Waals surface area contributed by atoms with Gasteiger partial charge in [-0.15, -0.1) is 0 Å². The number of anilines is 2. The molecule has 0 aliphatic heterocycles. The first-order chi connectivity index (χ1) is 14.7. The van der Waals surface area contributed by atoms with Crippen molar-refractivity contribution in [3.63, 3.8) is 0 Å². The van der Waals surface area contributed by atoms with E-state index in [4.69, 9.17) is 4.74 Å². The van der Waals surface area contributed by atoms with E-state index in [-0.39, 0.29) is 11.4 Å². The second-order valence-corrected chi connectivity index (χ2v) is 6.24. The molecule has 0 spiro atoms. The number of halogens is 3. The predicted octanol–water partition coefficient (Wildman–Crippen LogP) is 4.28. The summed E-state index contributed by atoms with van der Waals surface area (Å²) in [6.07, 6.45) is -2.88. The van der Waals surface area contributed by atoms with Crippen molar-refractivity contribution < 1.29 is 27.5 Å². The van der Waals surface area contributed by atoms with Gasteiger partial charge in [-0.1, -0.05) is 6.58 Å². The quantitative estimate of drug-likeness (QED) is 0.572. The Morgan fingerprint density at radius 3 is 2.13 bits per heavy atom. The summed E-state index contributed by atoms with van der Waals surface area (Å²) in [5.74, 6) is -0.928. The van der Waals surface area contributed by atoms with E-state index in [0.717, 1.165) is 12.3 Å². The Bertz CT molecular complexity index is 1100. The van der Waals surface area contributed by atoms with Gasteiger partial charge in [-0.2, -0.15) is 18.3 Å². The van der Waals surface area contributed by atoms with Gasteiger partial charge in [-0.25, -0.2) is 4.68 Å². The summed E-state index contributed by atoms with van der Waals surface area (Å²) in [6, 6.07) is 11.6. The van der Waals surface area contributed by atoms with Crippen LogP contribution in [0.2, 0.25) is 0 Å². The van der Waals surface area contributed by atoms with Crippen LogP contribution >= 0.6 is 0 Å². The lowest BCUT2D eigenvalue weighted by Crippen LogP contribution is -2.20. The molecular formula is C21H17F3N4O3. The van der Waals surface area contributed by atoms with Crippen LogP contribution < -0.4 is 15.4 Å². The molecule has 2 N–H and O–H groups in total. The van der Waals surface area contributed by atoms with E-state index >= 15 is 0 Å². The molecule has 0 saturated carbocycles. The molecule has 0 fully saturated rings. The monoisotopic (exact) mass is 430 g/mol. The van der Waals surface area contributed by atoms with E-state index in [2.05, 4.69) is 22.3 Å². The average molecular weight is 430 g/mol. The number of aromatic nitrogens is 2. The summed E-state index contributed by atoms with van der Waals surface area (Å²) in [5.41, 5.74) is -1.04. The second-order valence-electron chi connectivity index (χ2n) is 6.24. The Balaban J connectivity index is 1.88. The van der Waals surface area contributed by atoms with Gasteiger partial charge in [0, 0.05) is 11.4 Å². The number of rotatable bonds is 6. The standard InChI is InChI=1S/C21H17F3N4O3/c1-3-18(29)26-13-4-6-14(7-5-13)27-20(30)17-12-25-28(19(17)21(22,23)24)15-8-10-16(31-2)11-9-15/h3-12H,1H2,2H3,(H,26,29)(H,27,30). The van der Waals surface area contributed by atoms with E-state index in [9.17, 15) is 22.8 Å². The van der Waals surface area contributed by atoms with Crippen molar-refractivity contribution in [1.29, 1.82) is 0 Å². The fraction of sp³-hybridized carbons (Fsp3) is 0.0952. The van der Waals surface area contributed by atoms with E-state index in [1.807, 2.05) is 0 Å². The smallest absolute Gasteiger partial charge is 0.434 e. The second kappa shape index (κ2) is 8.74. The summed E-state index contributed by atoms with van der Waals surface area (Å²) in [4.78, 5) is 23.9. The number of hydrogen-bond donors (Lipinski definition) is 2. The number of nitrogens with zero attached hydrogens (tertiary/aromatic N) is 2. The number of ether oxygens (including phenoxy) is 1. The maximum Gasteiger partial charge on any atom is 0.434 e. The normalized spacial score (nSPS) is 11.0. The molecule has 0 aliphatic rings. The van der Waals surface area contributed by atoms with Gasteiger partial charge >= 0.3 is 6.18 Å². The van der Waals surface area contributed by atoms with Crippen LogP contribution in [0.1, 0.15) is 16.1 Å². The number of benzene rings is 2. The van der Waals surface area contributed by atoms with Gasteiger partial charge in [-0.05, 0) is 54.6 Å². The molecule has 0 aliphatic carbocycles. The van der Waals surface area contributed by atoms with Crippen molar-refractivity contribution in [2.45, 2.75) is 6.18 Å². The molecule has 3 aromatic rings. The lowest BCUT2D eigenvalue weighted by molar-refractivity contribution is -0.143. The minimum Gasteiger partial charge on any atom is -0.497 e. The average Bonchev–Trinajstić information content (AvgIpc) is 3.21. The minimum atomic E-state index is -4.83. The first-order valence-corrected chi connectivity index (χ1v) is 8.87. The van der Waals surface area contributed by atoms with Crippen LogP contribution in [0.4, 0.5) is 24.5 Å². The van der Waals surface area contributed by atoms with Gasteiger partial charge in [0.25, 0.3) is 5.91 Å². The molecule has 2 aromatic carbocycles. The van der Waals surface area contributed by atoms with Crippen LogP contribution in [0.3, 0.4) is 0 Å². The molecule has 3 rings (SSSR count). The molecule has 2 amide bonds. The number of carbonyl (C=O) groups excluding carboxylic acids is 2. The first kappa shape index (κ1) is 21.6. The number of nitrogens with one attached hydrogen (secondary N) is 2. The maximum absolute atomic E-state index is 13.8. The highest BCUT2D eigenvalue weighted by Crippen LogP contribution is 2.34. The molecule has 1 aromatic heterocycles. The van der Waals surface area contributed by atoms with Crippen molar-refractivity contribution in [3.05, 3.63) is 78.6 Å². The van der Waals surface area contributed by atoms with Gasteiger partial charge in [-0.3, -0.25) is 9.59 Å². The third-order valence-corrected chi connectivity index (χ3v) is 4.20. The highest BCUT2D eigenvalue weighted by atomic mass is 19.4. The fourth-order valence-electron chi connectivity index (χ4n) is 2.74. The molecule has 160 valence electrons. The van der Waals surface area contributed by atoms with E-state index in [1.54, 1.807) is 0 Å². The van der Waals surface area contributed by atoms with Crippen LogP contribution in [0.15, 0.2) is 67.4 Å². The van der Waals surface area contributed by atoms with Gasteiger partial charge in [0.2, 0.25) is 5.91 Å². The largest absolute Gasteiger partial charge is 0.497 e. The highest BCUT2D eigenvalue weighted by molar-refractivity contribution is 6.05. The molecule has 31 heavy (non-hydrogen) atoms. The van der Waals surface area contributed by atoms with Crippen LogP contribution in [0.25, 0.3) is 5.69 Å². The molecule has 7 nitrogen and oxygen atoms in total. The zero-order valence-electron chi connectivity index (χ0n) is 16.2. The number of hydrogen-bond acceptors (Lipinski definition) is 4. The van der Waals surface area contributed by atoms with E-state index < -0.39 is 29.2 Å². The van der Waals surface area contributed by atoms with Crippen LogP contribution in [-0.4, -0.2) is 28.7 Å². The van der Waals surface area contributed by atoms with Crippen LogP contribution in [0, 0.1) is 0 Å². The topological polar surface area (TPSA) is 85.3 Å². The van der Waals surface area contributed by atoms with Gasteiger partial charge < -0.3 is 15.4 Å². The van der Waals surface area contributed by atoms with Gasteiger partial charge in [0.15, 0.2) is 5.69 Å². The van der Waals surface area contributed by atoms with Crippen molar-refractivity contribution >= 4 is 23.2 Å². The lowest BCUT2D eigenvalue weighted by atomic mass is 10.2. The first-order valence-electron chi connectivity index (χ1n) is 8.87. The highest BCUT2D eigenvalue weighted by Gasteiger charge is 2.40. The zero-order valence-corrected chi connectivity index (χ0v) is 16.2. The van der Waals surface area contributed by atoms with E-state index in [0.29, 0.717) is 16.1 Å². The Morgan fingerprint density at radius 1 is 1.03 bits per heavy atom. The number of methoxy groups -OCH3 is 1. The number of carbonyl (C=O) groups is 2. The van der Waals surface area contributed by atoms with Crippen molar-refractivity contribution in [2.75, 3.05) is 17.7 Å². The summed E-state index contributed by atoms with van der Waals surface area (Å²) < 4.78 is 47.0. The van der Waals surface area contributed by atoms with Crippen LogP contribution in [0.5, 0.6) is 5.75 Å². The lowest BCUT2D eigenvalue weighted by Gasteiger charge is -2.13. The maximum atomic E-state index is 13.8. The van der Waals surface area contributed by atoms with Gasteiger partial charge in [0.1, 0.15) is 5.75 Å². The zero-order chi connectivity index (χ0) is 22.6. The molecule has 1 heterocycles. The molecular weight excluding hydrogens is 413 g/mol. The molecule has 0 bridgehead atoms. The molecule has 0 saturated heterocycles.